The van der Waals surface area contributed by atoms with Crippen molar-refractivity contribution in [2.75, 3.05) is 13.1 Å². The van der Waals surface area contributed by atoms with Gasteiger partial charge in [0, 0.05) is 19.5 Å². The molecule has 1 saturated heterocycles. The summed E-state index contributed by atoms with van der Waals surface area (Å²) in [5, 5.41) is 8.65. The van der Waals surface area contributed by atoms with E-state index in [1.54, 1.807) is 17.0 Å². The summed E-state index contributed by atoms with van der Waals surface area (Å²) in [5.74, 6) is -0.0966. The van der Waals surface area contributed by atoms with Gasteiger partial charge in [-0.05, 0) is 53.2 Å². The molecule has 0 spiro atoms. The van der Waals surface area contributed by atoms with Gasteiger partial charge in [0.25, 0.3) is 5.91 Å². The van der Waals surface area contributed by atoms with Crippen molar-refractivity contribution in [3.05, 3.63) is 22.6 Å². The number of furan rings is 1. The Labute approximate surface area is 119 Å². The van der Waals surface area contributed by atoms with Crippen LogP contribution in [0, 0.1) is 5.92 Å². The number of amides is 1. The van der Waals surface area contributed by atoms with Crippen LogP contribution in [0.5, 0.6) is 0 Å². The Hall–Kier alpha value is -1.30. The third-order valence-corrected chi connectivity index (χ3v) is 3.88. The molecular weight excluding hydrogens is 314 g/mol. The first kappa shape index (κ1) is 14.1. The number of nitrogens with zero attached hydrogens (tertiary/aromatic N) is 1. The number of carboxylic acids is 1. The zero-order valence-electron chi connectivity index (χ0n) is 10.5. The number of aliphatic carboxylic acids is 1. The molecule has 0 radical (unpaired) electrons. The van der Waals surface area contributed by atoms with Gasteiger partial charge in [-0.25, -0.2) is 0 Å². The number of rotatable bonds is 4. The van der Waals surface area contributed by atoms with Gasteiger partial charge < -0.3 is 14.4 Å². The van der Waals surface area contributed by atoms with Crippen molar-refractivity contribution in [2.24, 2.45) is 5.92 Å². The summed E-state index contributed by atoms with van der Waals surface area (Å²) in [5.41, 5.74) is 0. The molecule has 0 saturated carbocycles. The fourth-order valence-corrected chi connectivity index (χ4v) is 2.64. The highest BCUT2D eigenvalue weighted by Crippen LogP contribution is 2.24. The van der Waals surface area contributed by atoms with Crippen molar-refractivity contribution in [3.63, 3.8) is 0 Å². The summed E-state index contributed by atoms with van der Waals surface area (Å²) in [7, 11) is 0. The van der Waals surface area contributed by atoms with Crippen molar-refractivity contribution >= 4 is 27.8 Å². The van der Waals surface area contributed by atoms with Gasteiger partial charge in [-0.3, -0.25) is 9.59 Å². The predicted octanol–water partition coefficient (Wildman–Crippen LogP) is 2.76. The molecule has 0 aliphatic carbocycles. The molecule has 2 heterocycles. The maximum atomic E-state index is 12.1. The number of carbonyl (C=O) groups excluding carboxylic acids is 1. The number of piperidine rings is 1. The van der Waals surface area contributed by atoms with Crippen LogP contribution in [0.1, 0.15) is 36.2 Å². The fraction of sp³-hybridized carbons (Fsp3) is 0.538. The van der Waals surface area contributed by atoms with E-state index in [4.69, 9.17) is 9.52 Å². The van der Waals surface area contributed by atoms with Crippen LogP contribution in [0.15, 0.2) is 21.2 Å². The second-order valence-electron chi connectivity index (χ2n) is 4.77. The van der Waals surface area contributed by atoms with Gasteiger partial charge in [-0.1, -0.05) is 0 Å². The zero-order chi connectivity index (χ0) is 13.8. The molecule has 6 heteroatoms. The third-order valence-electron chi connectivity index (χ3n) is 3.45. The molecular formula is C13H16BrNO4. The van der Waals surface area contributed by atoms with Crippen molar-refractivity contribution in [1.29, 1.82) is 0 Å². The lowest BCUT2D eigenvalue weighted by Crippen LogP contribution is -2.38. The molecule has 0 unspecified atom stereocenters. The third kappa shape index (κ3) is 3.83. The molecule has 2 rings (SSSR count). The molecule has 1 amide bonds. The standard InChI is InChI=1S/C13H16BrNO4/c14-11-3-2-10(19-11)13(18)15-7-5-9(6-8-15)1-4-12(16)17/h2-3,9H,1,4-8H2,(H,16,17). The van der Waals surface area contributed by atoms with E-state index in [9.17, 15) is 9.59 Å². The van der Waals surface area contributed by atoms with Crippen LogP contribution >= 0.6 is 15.9 Å². The number of hydrogen-bond acceptors (Lipinski definition) is 3. The van der Waals surface area contributed by atoms with Gasteiger partial charge in [0.05, 0.1) is 0 Å². The largest absolute Gasteiger partial charge is 0.481 e. The Bertz CT molecular complexity index is 463. The van der Waals surface area contributed by atoms with Crippen molar-refractivity contribution < 1.29 is 19.1 Å². The number of carbonyl (C=O) groups is 2. The molecule has 5 nitrogen and oxygen atoms in total. The van der Waals surface area contributed by atoms with Crippen molar-refractivity contribution in [3.8, 4) is 0 Å². The van der Waals surface area contributed by atoms with Gasteiger partial charge >= 0.3 is 5.97 Å². The van der Waals surface area contributed by atoms with Gasteiger partial charge in [-0.2, -0.15) is 0 Å². The van der Waals surface area contributed by atoms with Crippen LogP contribution in [-0.2, 0) is 4.79 Å². The molecule has 1 N–H and O–H groups in total. The highest BCUT2D eigenvalue weighted by molar-refractivity contribution is 9.10. The molecule has 0 atom stereocenters. The van der Waals surface area contributed by atoms with Gasteiger partial charge in [0.1, 0.15) is 0 Å². The van der Waals surface area contributed by atoms with Gasteiger partial charge in [-0.15, -0.1) is 0 Å². The molecule has 0 bridgehead atoms. The Morgan fingerprint density at radius 2 is 2.05 bits per heavy atom. The lowest BCUT2D eigenvalue weighted by Gasteiger charge is -2.31. The maximum absolute atomic E-state index is 12.1. The quantitative estimate of drug-likeness (QED) is 0.921. The molecule has 1 aromatic heterocycles. The summed E-state index contributed by atoms with van der Waals surface area (Å²) in [6.07, 6.45) is 2.63. The first-order valence-electron chi connectivity index (χ1n) is 6.32. The average Bonchev–Trinajstić information content (AvgIpc) is 2.83. The lowest BCUT2D eigenvalue weighted by molar-refractivity contribution is -0.137. The molecule has 1 aliphatic rings. The average molecular weight is 330 g/mol. The highest BCUT2D eigenvalue weighted by atomic mass is 79.9. The van der Waals surface area contributed by atoms with E-state index in [2.05, 4.69) is 15.9 Å². The van der Waals surface area contributed by atoms with E-state index >= 15 is 0 Å². The molecule has 1 aromatic rings. The fourth-order valence-electron chi connectivity index (χ4n) is 2.34. The van der Waals surface area contributed by atoms with E-state index in [1.165, 1.54) is 0 Å². The predicted molar refractivity (Wildman–Crippen MR) is 71.9 cm³/mol. The van der Waals surface area contributed by atoms with Crippen LogP contribution in [-0.4, -0.2) is 35.0 Å². The second kappa shape index (κ2) is 6.23. The summed E-state index contributed by atoms with van der Waals surface area (Å²) < 4.78 is 5.80. The van der Waals surface area contributed by atoms with Gasteiger partial charge in [0.15, 0.2) is 10.4 Å². The Morgan fingerprint density at radius 1 is 1.37 bits per heavy atom. The minimum Gasteiger partial charge on any atom is -0.481 e. The zero-order valence-corrected chi connectivity index (χ0v) is 12.1. The van der Waals surface area contributed by atoms with Gasteiger partial charge in [0.2, 0.25) is 0 Å². The summed E-state index contributed by atoms with van der Waals surface area (Å²) >= 11 is 3.18. The van der Waals surface area contributed by atoms with Crippen molar-refractivity contribution in [1.82, 2.24) is 4.90 Å². The normalized spacial score (nSPS) is 16.6. The molecule has 1 aliphatic heterocycles. The molecule has 19 heavy (non-hydrogen) atoms. The minimum atomic E-state index is -0.751. The SMILES string of the molecule is O=C(O)CCC1CCN(C(=O)c2ccc(Br)o2)CC1. The number of likely N-dealkylation sites (tertiary alicyclic amines) is 1. The summed E-state index contributed by atoms with van der Waals surface area (Å²) in [6, 6.07) is 3.36. The van der Waals surface area contributed by atoms with E-state index < -0.39 is 5.97 Å². The smallest absolute Gasteiger partial charge is 0.303 e. The number of hydrogen-bond donors (Lipinski definition) is 1. The highest BCUT2D eigenvalue weighted by Gasteiger charge is 2.25. The molecule has 0 aromatic carbocycles. The topological polar surface area (TPSA) is 70.8 Å². The Kier molecular flexibility index (Phi) is 4.63. The number of halogens is 1. The van der Waals surface area contributed by atoms with Crippen molar-refractivity contribution in [2.45, 2.75) is 25.7 Å². The van der Waals surface area contributed by atoms with Crippen LogP contribution in [0.4, 0.5) is 0 Å². The second-order valence-corrected chi connectivity index (χ2v) is 5.55. The number of carboxylic acid groups (broad SMARTS) is 1. The molecule has 1 fully saturated rings. The molecule has 104 valence electrons. The minimum absolute atomic E-state index is 0.0950. The first-order valence-corrected chi connectivity index (χ1v) is 7.12. The van der Waals surface area contributed by atoms with Crippen LogP contribution < -0.4 is 0 Å². The van der Waals surface area contributed by atoms with E-state index in [0.29, 0.717) is 35.9 Å². The van der Waals surface area contributed by atoms with E-state index in [1.807, 2.05) is 0 Å². The van der Waals surface area contributed by atoms with Crippen LogP contribution in [0.25, 0.3) is 0 Å². The monoisotopic (exact) mass is 329 g/mol. The van der Waals surface area contributed by atoms with E-state index in [-0.39, 0.29) is 12.3 Å². The Morgan fingerprint density at radius 3 is 2.58 bits per heavy atom. The van der Waals surface area contributed by atoms with Crippen LogP contribution in [0.3, 0.4) is 0 Å². The van der Waals surface area contributed by atoms with E-state index in [0.717, 1.165) is 12.8 Å². The summed E-state index contributed by atoms with van der Waals surface area (Å²) in [6.45, 7) is 1.34. The van der Waals surface area contributed by atoms with Crippen LogP contribution in [0.2, 0.25) is 0 Å². The maximum Gasteiger partial charge on any atom is 0.303 e. The summed E-state index contributed by atoms with van der Waals surface area (Å²) in [4.78, 5) is 24.4. The first-order chi connectivity index (χ1) is 9.06. The Balaban J connectivity index is 1.83. The lowest BCUT2D eigenvalue weighted by atomic mass is 9.92.